The lowest BCUT2D eigenvalue weighted by Gasteiger charge is -2.38. The maximum atomic E-state index is 11.8. The number of carboxylic acid groups (broad SMARTS) is 1. The Morgan fingerprint density at radius 1 is 1.30 bits per heavy atom. The van der Waals surface area contributed by atoms with Gasteiger partial charge in [0.05, 0.1) is 5.41 Å². The average molecular weight is 339 g/mol. The van der Waals surface area contributed by atoms with Crippen LogP contribution in [0.3, 0.4) is 0 Å². The topological polar surface area (TPSA) is 37.3 Å². The molecule has 2 nitrogen and oxygen atoms in total. The number of carboxylic acids is 1. The fraction of sp³-hybridized carbons (Fsp3) is 0.588. The summed E-state index contributed by atoms with van der Waals surface area (Å²) in [4.78, 5) is 11.8. The highest BCUT2D eigenvalue weighted by atomic mass is 79.9. The fourth-order valence-corrected chi connectivity index (χ4v) is 3.58. The van der Waals surface area contributed by atoms with E-state index in [2.05, 4.69) is 29.8 Å². The fourth-order valence-electron chi connectivity index (χ4n) is 3.32. The Labute approximate surface area is 129 Å². The number of halogens is 1. The first-order chi connectivity index (χ1) is 9.43. The molecule has 0 atom stereocenters. The first-order valence-electron chi connectivity index (χ1n) is 7.41. The molecule has 1 aliphatic carbocycles. The second-order valence-electron chi connectivity index (χ2n) is 6.47. The van der Waals surface area contributed by atoms with Gasteiger partial charge in [0.25, 0.3) is 0 Å². The predicted octanol–water partition coefficient (Wildman–Crippen LogP) is 4.91. The van der Waals surface area contributed by atoms with Crippen molar-refractivity contribution in [3.63, 3.8) is 0 Å². The van der Waals surface area contributed by atoms with Crippen molar-refractivity contribution < 1.29 is 9.90 Å². The molecule has 0 aromatic heterocycles. The Morgan fingerprint density at radius 3 is 2.30 bits per heavy atom. The SMILES string of the molecule is CC(C)C1CCC(Cc2ccc(Br)cc2)(C(=O)O)CC1. The first-order valence-corrected chi connectivity index (χ1v) is 8.20. The van der Waals surface area contributed by atoms with Crippen LogP contribution in [0.15, 0.2) is 28.7 Å². The lowest BCUT2D eigenvalue weighted by molar-refractivity contribution is -0.151. The van der Waals surface area contributed by atoms with Crippen LogP contribution < -0.4 is 0 Å². The molecule has 1 saturated carbocycles. The number of hydrogen-bond acceptors (Lipinski definition) is 1. The molecular formula is C17H23BrO2. The second-order valence-corrected chi connectivity index (χ2v) is 7.39. The van der Waals surface area contributed by atoms with Crippen molar-refractivity contribution in [3.05, 3.63) is 34.3 Å². The molecule has 1 fully saturated rings. The summed E-state index contributed by atoms with van der Waals surface area (Å²) in [5.74, 6) is 0.726. The van der Waals surface area contributed by atoms with Crippen LogP contribution in [-0.2, 0) is 11.2 Å². The molecule has 20 heavy (non-hydrogen) atoms. The summed E-state index contributed by atoms with van der Waals surface area (Å²) in [7, 11) is 0. The van der Waals surface area contributed by atoms with Gasteiger partial charge in [-0.2, -0.15) is 0 Å². The van der Waals surface area contributed by atoms with Crippen molar-refractivity contribution >= 4 is 21.9 Å². The number of hydrogen-bond donors (Lipinski definition) is 1. The Hall–Kier alpha value is -0.830. The largest absolute Gasteiger partial charge is 0.481 e. The Kier molecular flexibility index (Phi) is 4.90. The monoisotopic (exact) mass is 338 g/mol. The van der Waals surface area contributed by atoms with Crippen LogP contribution in [-0.4, -0.2) is 11.1 Å². The minimum atomic E-state index is -0.623. The van der Waals surface area contributed by atoms with Crippen LogP contribution in [0.1, 0.15) is 45.1 Å². The standard InChI is InChI=1S/C17H23BrO2/c1-12(2)14-7-9-17(10-8-14,16(19)20)11-13-3-5-15(18)6-4-13/h3-6,12,14H,7-11H2,1-2H3,(H,19,20). The summed E-state index contributed by atoms with van der Waals surface area (Å²) in [6.07, 6.45) is 4.35. The lowest BCUT2D eigenvalue weighted by atomic mass is 9.65. The summed E-state index contributed by atoms with van der Waals surface area (Å²) < 4.78 is 1.04. The van der Waals surface area contributed by atoms with Gasteiger partial charge < -0.3 is 5.11 Å². The molecule has 0 saturated heterocycles. The zero-order chi connectivity index (χ0) is 14.8. The molecule has 2 rings (SSSR count). The van der Waals surface area contributed by atoms with Crippen LogP contribution in [0.2, 0.25) is 0 Å². The predicted molar refractivity (Wildman–Crippen MR) is 84.7 cm³/mol. The molecule has 1 aliphatic rings. The van der Waals surface area contributed by atoms with Crippen LogP contribution in [0.4, 0.5) is 0 Å². The number of benzene rings is 1. The highest BCUT2D eigenvalue weighted by Crippen LogP contribution is 2.43. The third-order valence-corrected chi connectivity index (χ3v) is 5.37. The van der Waals surface area contributed by atoms with E-state index in [1.165, 1.54) is 0 Å². The zero-order valence-corrected chi connectivity index (χ0v) is 13.8. The van der Waals surface area contributed by atoms with E-state index in [4.69, 9.17) is 0 Å². The molecule has 1 N–H and O–H groups in total. The average Bonchev–Trinajstić information content (AvgIpc) is 2.42. The second kappa shape index (κ2) is 6.30. The van der Waals surface area contributed by atoms with E-state index < -0.39 is 11.4 Å². The van der Waals surface area contributed by atoms with Crippen molar-refractivity contribution in [2.75, 3.05) is 0 Å². The van der Waals surface area contributed by atoms with E-state index in [0.717, 1.165) is 35.7 Å². The quantitative estimate of drug-likeness (QED) is 0.846. The van der Waals surface area contributed by atoms with Gasteiger partial charge in [0, 0.05) is 4.47 Å². The van der Waals surface area contributed by atoms with Gasteiger partial charge in [-0.15, -0.1) is 0 Å². The zero-order valence-electron chi connectivity index (χ0n) is 12.2. The van der Waals surface area contributed by atoms with Crippen molar-refractivity contribution in [2.24, 2.45) is 17.3 Å². The van der Waals surface area contributed by atoms with Crippen molar-refractivity contribution in [2.45, 2.75) is 46.0 Å². The van der Waals surface area contributed by atoms with Gasteiger partial charge in [0.1, 0.15) is 0 Å². The van der Waals surface area contributed by atoms with E-state index in [9.17, 15) is 9.90 Å². The van der Waals surface area contributed by atoms with Gasteiger partial charge in [-0.25, -0.2) is 0 Å². The van der Waals surface area contributed by atoms with Crippen LogP contribution in [0.5, 0.6) is 0 Å². The number of rotatable bonds is 4. The van der Waals surface area contributed by atoms with Crippen molar-refractivity contribution in [3.8, 4) is 0 Å². The molecule has 3 heteroatoms. The maximum Gasteiger partial charge on any atom is 0.309 e. The van der Waals surface area contributed by atoms with E-state index in [-0.39, 0.29) is 0 Å². The van der Waals surface area contributed by atoms with Gasteiger partial charge in [0.15, 0.2) is 0 Å². The smallest absolute Gasteiger partial charge is 0.309 e. The lowest BCUT2D eigenvalue weighted by Crippen LogP contribution is -2.38. The van der Waals surface area contributed by atoms with E-state index in [0.29, 0.717) is 18.3 Å². The van der Waals surface area contributed by atoms with Gasteiger partial charge in [0.2, 0.25) is 0 Å². The van der Waals surface area contributed by atoms with E-state index >= 15 is 0 Å². The molecule has 0 aliphatic heterocycles. The third kappa shape index (κ3) is 3.43. The molecular weight excluding hydrogens is 316 g/mol. The van der Waals surface area contributed by atoms with Gasteiger partial charge >= 0.3 is 5.97 Å². The minimum absolute atomic E-state index is 0.556. The molecule has 0 bridgehead atoms. The molecule has 0 spiro atoms. The summed E-state index contributed by atoms with van der Waals surface area (Å²) in [5, 5.41) is 9.72. The molecule has 1 aromatic rings. The Balaban J connectivity index is 2.12. The van der Waals surface area contributed by atoms with Crippen LogP contribution >= 0.6 is 15.9 Å². The molecule has 0 unspecified atom stereocenters. The highest BCUT2D eigenvalue weighted by molar-refractivity contribution is 9.10. The summed E-state index contributed by atoms with van der Waals surface area (Å²) in [6.45, 7) is 4.49. The van der Waals surface area contributed by atoms with Crippen molar-refractivity contribution in [1.82, 2.24) is 0 Å². The van der Waals surface area contributed by atoms with Gasteiger partial charge in [-0.05, 0) is 61.6 Å². The molecule has 1 aromatic carbocycles. The van der Waals surface area contributed by atoms with E-state index in [1.54, 1.807) is 0 Å². The van der Waals surface area contributed by atoms with Crippen molar-refractivity contribution in [1.29, 1.82) is 0 Å². The summed E-state index contributed by atoms with van der Waals surface area (Å²) >= 11 is 3.42. The van der Waals surface area contributed by atoms with Gasteiger partial charge in [-0.3, -0.25) is 4.79 Å². The Morgan fingerprint density at radius 2 is 1.85 bits per heavy atom. The normalized spacial score (nSPS) is 26.7. The molecule has 110 valence electrons. The number of carbonyl (C=O) groups is 1. The number of aliphatic carboxylic acids is 1. The molecule has 0 radical (unpaired) electrons. The maximum absolute atomic E-state index is 11.8. The van der Waals surface area contributed by atoms with Crippen LogP contribution in [0.25, 0.3) is 0 Å². The molecule has 0 amide bonds. The van der Waals surface area contributed by atoms with Crippen LogP contribution in [0, 0.1) is 17.3 Å². The first kappa shape index (κ1) is 15.6. The summed E-state index contributed by atoms with van der Waals surface area (Å²) in [5.41, 5.74) is 0.567. The summed E-state index contributed by atoms with van der Waals surface area (Å²) in [6, 6.07) is 8.04. The Bertz CT molecular complexity index is 456. The highest BCUT2D eigenvalue weighted by Gasteiger charge is 2.42. The minimum Gasteiger partial charge on any atom is -0.481 e. The third-order valence-electron chi connectivity index (χ3n) is 4.84. The van der Waals surface area contributed by atoms with E-state index in [1.807, 2.05) is 24.3 Å². The molecule has 0 heterocycles. The van der Waals surface area contributed by atoms with Gasteiger partial charge in [-0.1, -0.05) is 41.9 Å².